The van der Waals surface area contributed by atoms with Gasteiger partial charge in [-0.25, -0.2) is 0 Å². The Hall–Kier alpha value is -1.10. The zero-order valence-corrected chi connectivity index (χ0v) is 15.8. The van der Waals surface area contributed by atoms with E-state index < -0.39 is 0 Å². The molecule has 3 fully saturated rings. The Balaban J connectivity index is 1.37. The zero-order chi connectivity index (χ0) is 17.6. The van der Waals surface area contributed by atoms with E-state index >= 15 is 0 Å². The number of amides is 2. The van der Waals surface area contributed by atoms with Gasteiger partial charge in [0.25, 0.3) is 0 Å². The molecule has 1 aliphatic heterocycles. The van der Waals surface area contributed by atoms with Crippen LogP contribution in [0.25, 0.3) is 0 Å². The highest BCUT2D eigenvalue weighted by Gasteiger charge is 2.31. The van der Waals surface area contributed by atoms with Gasteiger partial charge >= 0.3 is 0 Å². The topological polar surface area (TPSA) is 61.4 Å². The molecule has 3 rings (SSSR count). The Morgan fingerprint density at radius 3 is 2.44 bits per heavy atom. The number of rotatable bonds is 4. The van der Waals surface area contributed by atoms with E-state index in [-0.39, 0.29) is 17.9 Å². The number of piperazine rings is 1. The summed E-state index contributed by atoms with van der Waals surface area (Å²) in [7, 11) is 0. The molecule has 1 saturated heterocycles. The second-order valence-corrected chi connectivity index (χ2v) is 8.46. The van der Waals surface area contributed by atoms with Crippen LogP contribution in [0.4, 0.5) is 0 Å². The maximum absolute atomic E-state index is 12.7. The molecule has 0 aromatic heterocycles. The van der Waals surface area contributed by atoms with Crippen molar-refractivity contribution in [3.8, 4) is 0 Å². The van der Waals surface area contributed by atoms with Crippen LogP contribution < -0.4 is 10.6 Å². The van der Waals surface area contributed by atoms with E-state index in [1.807, 2.05) is 4.90 Å². The average Bonchev–Trinajstić information content (AvgIpc) is 2.62. The molecule has 0 spiro atoms. The smallest absolute Gasteiger partial charge is 0.225 e. The Kier molecular flexibility index (Phi) is 6.74. The van der Waals surface area contributed by atoms with E-state index in [0.29, 0.717) is 24.3 Å². The fraction of sp³-hybridized carbons (Fsp3) is 0.900. The van der Waals surface area contributed by atoms with Crippen molar-refractivity contribution in [3.05, 3.63) is 0 Å². The first-order valence-electron chi connectivity index (χ1n) is 10.4. The van der Waals surface area contributed by atoms with Gasteiger partial charge in [0.1, 0.15) is 0 Å². The summed E-state index contributed by atoms with van der Waals surface area (Å²) in [5.41, 5.74) is 0. The fourth-order valence-electron chi connectivity index (χ4n) is 4.82. The first-order chi connectivity index (χ1) is 12.1. The lowest BCUT2D eigenvalue weighted by Gasteiger charge is -2.36. The van der Waals surface area contributed by atoms with Crippen molar-refractivity contribution >= 4 is 11.8 Å². The number of nitrogens with zero attached hydrogens (tertiary/aromatic N) is 1. The molecule has 1 atom stereocenters. The minimum atomic E-state index is 0.164. The van der Waals surface area contributed by atoms with Crippen LogP contribution in [0.1, 0.15) is 71.1 Å². The van der Waals surface area contributed by atoms with Crippen LogP contribution in [-0.4, -0.2) is 48.4 Å². The van der Waals surface area contributed by atoms with Gasteiger partial charge in [-0.3, -0.25) is 9.59 Å². The van der Waals surface area contributed by atoms with Crippen molar-refractivity contribution in [2.45, 2.75) is 83.2 Å². The van der Waals surface area contributed by atoms with Gasteiger partial charge in [-0.15, -0.1) is 0 Å². The van der Waals surface area contributed by atoms with E-state index in [4.69, 9.17) is 0 Å². The number of carbonyl (C=O) groups is 2. The highest BCUT2D eigenvalue weighted by molar-refractivity contribution is 5.79. The Morgan fingerprint density at radius 2 is 1.76 bits per heavy atom. The number of hydrogen-bond donors (Lipinski definition) is 2. The van der Waals surface area contributed by atoms with Crippen LogP contribution in [0.5, 0.6) is 0 Å². The third-order valence-electron chi connectivity index (χ3n) is 6.32. The third kappa shape index (κ3) is 5.44. The maximum Gasteiger partial charge on any atom is 0.225 e. The summed E-state index contributed by atoms with van der Waals surface area (Å²) in [6, 6.07) is 0.676. The Morgan fingerprint density at radius 1 is 1.04 bits per heavy atom. The van der Waals surface area contributed by atoms with Gasteiger partial charge in [-0.1, -0.05) is 19.3 Å². The molecule has 2 N–H and O–H groups in total. The van der Waals surface area contributed by atoms with E-state index in [1.54, 1.807) is 0 Å². The van der Waals surface area contributed by atoms with Crippen molar-refractivity contribution in [3.63, 3.8) is 0 Å². The van der Waals surface area contributed by atoms with Gasteiger partial charge in [0.2, 0.25) is 11.8 Å². The molecular weight excluding hydrogens is 314 g/mol. The van der Waals surface area contributed by atoms with Crippen molar-refractivity contribution in [2.24, 2.45) is 11.8 Å². The summed E-state index contributed by atoms with van der Waals surface area (Å²) in [4.78, 5) is 27.0. The van der Waals surface area contributed by atoms with Gasteiger partial charge in [-0.05, 0) is 51.4 Å². The number of carbonyl (C=O) groups excluding carboxylic acids is 2. The summed E-state index contributed by atoms with van der Waals surface area (Å²) in [6.45, 7) is 4.70. The minimum absolute atomic E-state index is 0.164. The highest BCUT2D eigenvalue weighted by atomic mass is 16.2. The summed E-state index contributed by atoms with van der Waals surface area (Å²) in [5, 5.41) is 6.63. The molecule has 1 heterocycles. The summed E-state index contributed by atoms with van der Waals surface area (Å²) in [6.07, 6.45) is 10.8. The van der Waals surface area contributed by atoms with Gasteiger partial charge in [0.15, 0.2) is 0 Å². The number of nitrogens with one attached hydrogen (secondary N) is 2. The first kappa shape index (κ1) is 18.7. The van der Waals surface area contributed by atoms with E-state index in [2.05, 4.69) is 17.6 Å². The molecule has 5 heteroatoms. The molecule has 1 unspecified atom stereocenters. The summed E-state index contributed by atoms with van der Waals surface area (Å²) in [5.74, 6) is 1.33. The van der Waals surface area contributed by atoms with Crippen LogP contribution in [0.2, 0.25) is 0 Å². The standard InChI is InChI=1S/C20H35N3O2/c1-15-14-23(12-11-21-15)20(25)17-7-9-18(10-8-17)22-19(24)13-16-5-3-2-4-6-16/h15-18,21H,2-14H2,1H3,(H,22,24). The van der Waals surface area contributed by atoms with Crippen molar-refractivity contribution in [1.29, 1.82) is 0 Å². The molecule has 25 heavy (non-hydrogen) atoms. The SMILES string of the molecule is CC1CN(C(=O)C2CCC(NC(=O)CC3CCCCC3)CC2)CCN1. The molecule has 3 aliphatic rings. The van der Waals surface area contributed by atoms with Gasteiger partial charge in [0.05, 0.1) is 0 Å². The molecule has 142 valence electrons. The van der Waals surface area contributed by atoms with Crippen LogP contribution in [0, 0.1) is 11.8 Å². The van der Waals surface area contributed by atoms with E-state index in [1.165, 1.54) is 32.1 Å². The largest absolute Gasteiger partial charge is 0.353 e. The molecule has 0 radical (unpaired) electrons. The van der Waals surface area contributed by atoms with E-state index in [9.17, 15) is 9.59 Å². The van der Waals surface area contributed by atoms with Crippen molar-refractivity contribution < 1.29 is 9.59 Å². The average molecular weight is 350 g/mol. The molecular formula is C20H35N3O2. The minimum Gasteiger partial charge on any atom is -0.353 e. The molecule has 0 bridgehead atoms. The molecule has 2 saturated carbocycles. The quantitative estimate of drug-likeness (QED) is 0.819. The Bertz CT molecular complexity index is 454. The van der Waals surface area contributed by atoms with Gasteiger partial charge < -0.3 is 15.5 Å². The lowest BCUT2D eigenvalue weighted by molar-refractivity contribution is -0.137. The Labute approximate surface area is 152 Å². The highest BCUT2D eigenvalue weighted by Crippen LogP contribution is 2.28. The first-order valence-corrected chi connectivity index (χ1v) is 10.4. The lowest BCUT2D eigenvalue weighted by Crippen LogP contribution is -2.53. The molecule has 0 aromatic rings. The molecule has 5 nitrogen and oxygen atoms in total. The van der Waals surface area contributed by atoms with Crippen molar-refractivity contribution in [2.75, 3.05) is 19.6 Å². The lowest BCUT2D eigenvalue weighted by atomic mass is 9.84. The fourth-order valence-corrected chi connectivity index (χ4v) is 4.82. The monoisotopic (exact) mass is 349 g/mol. The second-order valence-electron chi connectivity index (χ2n) is 8.46. The van der Waals surface area contributed by atoms with Crippen LogP contribution in [0.3, 0.4) is 0 Å². The van der Waals surface area contributed by atoms with Crippen LogP contribution in [-0.2, 0) is 9.59 Å². The predicted molar refractivity (Wildman–Crippen MR) is 99.1 cm³/mol. The maximum atomic E-state index is 12.7. The summed E-state index contributed by atoms with van der Waals surface area (Å²) < 4.78 is 0. The molecule has 2 amide bonds. The predicted octanol–water partition coefficient (Wildman–Crippen LogP) is 2.45. The number of hydrogen-bond acceptors (Lipinski definition) is 3. The van der Waals surface area contributed by atoms with Gasteiger partial charge in [-0.2, -0.15) is 0 Å². The second kappa shape index (κ2) is 9.02. The molecule has 0 aromatic carbocycles. The van der Waals surface area contributed by atoms with E-state index in [0.717, 1.165) is 45.3 Å². The normalized spacial score (nSPS) is 31.6. The summed E-state index contributed by atoms with van der Waals surface area (Å²) >= 11 is 0. The zero-order valence-electron chi connectivity index (χ0n) is 15.8. The third-order valence-corrected chi connectivity index (χ3v) is 6.32. The van der Waals surface area contributed by atoms with Gasteiger partial charge in [0, 0.05) is 44.1 Å². The molecule has 2 aliphatic carbocycles. The van der Waals surface area contributed by atoms with Crippen LogP contribution >= 0.6 is 0 Å². The van der Waals surface area contributed by atoms with Crippen molar-refractivity contribution in [1.82, 2.24) is 15.5 Å². The van der Waals surface area contributed by atoms with Crippen LogP contribution in [0.15, 0.2) is 0 Å².